The SMILES string of the molecule is O=C1Nc2c(C(F)(F)F)cccc2C1(c1ccc(B(O)O)cc1)N1CCOCC1. The summed E-state index contributed by atoms with van der Waals surface area (Å²) in [4.78, 5) is 15.1. The van der Waals surface area contributed by atoms with Gasteiger partial charge >= 0.3 is 13.3 Å². The maximum absolute atomic E-state index is 13.6. The van der Waals surface area contributed by atoms with Crippen LogP contribution in [0.4, 0.5) is 18.9 Å². The van der Waals surface area contributed by atoms with E-state index in [1.165, 1.54) is 24.3 Å². The van der Waals surface area contributed by atoms with Crippen molar-refractivity contribution in [3.8, 4) is 0 Å². The Morgan fingerprint density at radius 2 is 1.72 bits per heavy atom. The average Bonchev–Trinajstić information content (AvgIpc) is 3.00. The van der Waals surface area contributed by atoms with Gasteiger partial charge in [0.05, 0.1) is 24.5 Å². The summed E-state index contributed by atoms with van der Waals surface area (Å²) < 4.78 is 46.1. The molecule has 0 aromatic heterocycles. The molecule has 1 amide bonds. The Bertz CT molecular complexity index is 930. The maximum atomic E-state index is 13.6. The number of fused-ring (bicyclic) bond motifs is 1. The van der Waals surface area contributed by atoms with Gasteiger partial charge in [-0.2, -0.15) is 13.2 Å². The molecule has 1 fully saturated rings. The van der Waals surface area contributed by atoms with Gasteiger partial charge in [0.15, 0.2) is 5.54 Å². The third-order valence-electron chi connectivity index (χ3n) is 5.44. The fourth-order valence-electron chi connectivity index (χ4n) is 4.13. The maximum Gasteiger partial charge on any atom is 0.488 e. The Kier molecular flexibility index (Phi) is 4.90. The van der Waals surface area contributed by atoms with Gasteiger partial charge in [-0.05, 0) is 17.1 Å². The molecule has 152 valence electrons. The first-order valence-corrected chi connectivity index (χ1v) is 9.07. The molecule has 29 heavy (non-hydrogen) atoms. The van der Waals surface area contributed by atoms with Crippen LogP contribution in [0, 0.1) is 0 Å². The number of halogens is 3. The predicted octanol–water partition coefficient (Wildman–Crippen LogP) is 0.913. The standard InChI is InChI=1S/C19H18BF3N2O4/c21-19(22,23)15-3-1-2-14-16(15)24-17(26)18(14,25-8-10-29-11-9-25)12-4-6-13(7-5-12)20(27)28/h1-7,27-28H,8-11H2,(H,24,26). The van der Waals surface area contributed by atoms with Gasteiger partial charge in [-0.3, -0.25) is 9.69 Å². The van der Waals surface area contributed by atoms with E-state index in [0.29, 0.717) is 31.9 Å². The number of nitrogens with zero attached hydrogens (tertiary/aromatic N) is 1. The molecule has 2 aliphatic rings. The van der Waals surface area contributed by atoms with Crippen molar-refractivity contribution in [2.75, 3.05) is 31.6 Å². The van der Waals surface area contributed by atoms with Crippen LogP contribution in [0.2, 0.25) is 0 Å². The Labute approximate surface area is 165 Å². The molecule has 2 aliphatic heterocycles. The van der Waals surface area contributed by atoms with Crippen molar-refractivity contribution in [3.63, 3.8) is 0 Å². The zero-order valence-electron chi connectivity index (χ0n) is 15.2. The van der Waals surface area contributed by atoms with Gasteiger partial charge in [-0.1, -0.05) is 36.4 Å². The van der Waals surface area contributed by atoms with Crippen molar-refractivity contribution < 1.29 is 32.8 Å². The van der Waals surface area contributed by atoms with E-state index in [0.717, 1.165) is 6.07 Å². The smallest absolute Gasteiger partial charge is 0.423 e. The summed E-state index contributed by atoms with van der Waals surface area (Å²) in [5.74, 6) is -0.580. The lowest BCUT2D eigenvalue weighted by Crippen LogP contribution is -2.55. The lowest BCUT2D eigenvalue weighted by Gasteiger charge is -2.42. The molecule has 2 aromatic carbocycles. The highest BCUT2D eigenvalue weighted by molar-refractivity contribution is 6.58. The van der Waals surface area contributed by atoms with E-state index in [-0.39, 0.29) is 16.7 Å². The van der Waals surface area contributed by atoms with Crippen LogP contribution in [0.1, 0.15) is 16.7 Å². The van der Waals surface area contributed by atoms with Crippen LogP contribution in [0.15, 0.2) is 42.5 Å². The molecule has 1 atom stereocenters. The van der Waals surface area contributed by atoms with E-state index in [1.807, 2.05) is 4.90 Å². The first-order chi connectivity index (χ1) is 13.8. The average molecular weight is 406 g/mol. The molecule has 0 aliphatic carbocycles. The number of carbonyl (C=O) groups is 1. The van der Waals surface area contributed by atoms with Crippen LogP contribution >= 0.6 is 0 Å². The topological polar surface area (TPSA) is 82.0 Å². The predicted molar refractivity (Wildman–Crippen MR) is 99.5 cm³/mol. The van der Waals surface area contributed by atoms with Gasteiger partial charge in [0.25, 0.3) is 5.91 Å². The fraction of sp³-hybridized carbons (Fsp3) is 0.316. The molecule has 2 aromatic rings. The van der Waals surface area contributed by atoms with Crippen molar-refractivity contribution in [3.05, 3.63) is 59.2 Å². The summed E-state index contributed by atoms with van der Waals surface area (Å²) in [6.45, 7) is 1.40. The second-order valence-corrected chi connectivity index (χ2v) is 6.99. The molecule has 3 N–H and O–H groups in total. The van der Waals surface area contributed by atoms with Gasteiger partial charge in [-0.15, -0.1) is 0 Å². The summed E-state index contributed by atoms with van der Waals surface area (Å²) in [7, 11) is -1.69. The molecular formula is C19H18BF3N2O4. The normalized spacial score (nSPS) is 22.3. The van der Waals surface area contributed by atoms with Gasteiger partial charge in [-0.25, -0.2) is 0 Å². The number of alkyl halides is 3. The highest BCUT2D eigenvalue weighted by Crippen LogP contribution is 2.49. The van der Waals surface area contributed by atoms with E-state index in [9.17, 15) is 28.0 Å². The van der Waals surface area contributed by atoms with Crippen molar-refractivity contribution in [2.24, 2.45) is 0 Å². The minimum atomic E-state index is -4.62. The number of hydrogen-bond acceptors (Lipinski definition) is 5. The number of para-hydroxylation sites is 1. The van der Waals surface area contributed by atoms with E-state index in [4.69, 9.17) is 4.74 Å². The number of amides is 1. The van der Waals surface area contributed by atoms with Crippen LogP contribution in [0.25, 0.3) is 0 Å². The van der Waals surface area contributed by atoms with Gasteiger partial charge < -0.3 is 20.1 Å². The fourth-order valence-corrected chi connectivity index (χ4v) is 4.13. The van der Waals surface area contributed by atoms with Gasteiger partial charge in [0.2, 0.25) is 0 Å². The number of ether oxygens (including phenoxy) is 1. The summed E-state index contributed by atoms with van der Waals surface area (Å²) in [5.41, 5.74) is -1.74. The van der Waals surface area contributed by atoms with Crippen LogP contribution < -0.4 is 10.8 Å². The second-order valence-electron chi connectivity index (χ2n) is 6.99. The monoisotopic (exact) mass is 406 g/mol. The summed E-state index contributed by atoms with van der Waals surface area (Å²) in [6, 6.07) is 9.73. The zero-order chi connectivity index (χ0) is 20.8. The molecule has 1 unspecified atom stereocenters. The van der Waals surface area contributed by atoms with E-state index < -0.39 is 30.3 Å². The molecule has 4 rings (SSSR count). The minimum absolute atomic E-state index is 0.216. The van der Waals surface area contributed by atoms with Crippen molar-refractivity contribution in [1.29, 1.82) is 0 Å². The quantitative estimate of drug-likeness (QED) is 0.661. The summed E-state index contributed by atoms with van der Waals surface area (Å²) >= 11 is 0. The number of anilines is 1. The second kappa shape index (κ2) is 7.14. The molecule has 1 saturated heterocycles. The molecule has 10 heteroatoms. The zero-order valence-corrected chi connectivity index (χ0v) is 15.2. The van der Waals surface area contributed by atoms with Crippen molar-refractivity contribution >= 4 is 24.2 Å². The molecule has 0 radical (unpaired) electrons. The highest BCUT2D eigenvalue weighted by Gasteiger charge is 2.55. The Balaban J connectivity index is 1.95. The molecule has 6 nitrogen and oxygen atoms in total. The highest BCUT2D eigenvalue weighted by atomic mass is 19.4. The largest absolute Gasteiger partial charge is 0.488 e. The van der Waals surface area contributed by atoms with E-state index in [1.54, 1.807) is 12.1 Å². The summed E-state index contributed by atoms with van der Waals surface area (Å²) in [5, 5.41) is 21.2. The first kappa shape index (κ1) is 19.9. The molecule has 0 saturated carbocycles. The van der Waals surface area contributed by atoms with Crippen LogP contribution in [-0.2, 0) is 21.2 Å². The Morgan fingerprint density at radius 1 is 1.07 bits per heavy atom. The number of hydrogen-bond donors (Lipinski definition) is 3. The molecule has 0 spiro atoms. The third kappa shape index (κ3) is 3.12. The van der Waals surface area contributed by atoms with Crippen LogP contribution in [0.3, 0.4) is 0 Å². The van der Waals surface area contributed by atoms with Crippen molar-refractivity contribution in [2.45, 2.75) is 11.7 Å². The van der Waals surface area contributed by atoms with Crippen molar-refractivity contribution in [1.82, 2.24) is 4.90 Å². The van der Waals surface area contributed by atoms with E-state index in [2.05, 4.69) is 5.32 Å². The first-order valence-electron chi connectivity index (χ1n) is 9.07. The lowest BCUT2D eigenvalue weighted by atomic mass is 9.76. The third-order valence-corrected chi connectivity index (χ3v) is 5.44. The van der Waals surface area contributed by atoms with Gasteiger partial charge in [0.1, 0.15) is 0 Å². The minimum Gasteiger partial charge on any atom is -0.423 e. The Morgan fingerprint density at radius 3 is 2.31 bits per heavy atom. The van der Waals surface area contributed by atoms with Gasteiger partial charge in [0, 0.05) is 18.7 Å². The van der Waals surface area contributed by atoms with Crippen LogP contribution in [-0.4, -0.2) is 54.3 Å². The van der Waals surface area contributed by atoms with Crippen LogP contribution in [0.5, 0.6) is 0 Å². The molecular weight excluding hydrogens is 388 g/mol. The molecule has 0 bridgehead atoms. The number of nitrogens with one attached hydrogen (secondary N) is 1. The Hall–Kier alpha value is -2.40. The number of carbonyl (C=O) groups excluding carboxylic acids is 1. The van der Waals surface area contributed by atoms with E-state index >= 15 is 0 Å². The number of benzene rings is 2. The molecule has 2 heterocycles. The number of rotatable bonds is 3. The summed E-state index contributed by atoms with van der Waals surface area (Å²) in [6.07, 6.45) is -4.62. The lowest BCUT2D eigenvalue weighted by molar-refractivity contribution is -0.137. The number of morpholine rings is 1.